The lowest BCUT2D eigenvalue weighted by molar-refractivity contribution is -0.117. The van der Waals surface area contributed by atoms with Crippen molar-refractivity contribution in [2.75, 3.05) is 25.2 Å². The Morgan fingerprint density at radius 1 is 1.31 bits per heavy atom. The van der Waals surface area contributed by atoms with Crippen molar-refractivity contribution in [2.24, 2.45) is 4.99 Å². The number of fused-ring (bicyclic) bond motifs is 1. The van der Waals surface area contributed by atoms with Crippen LogP contribution in [0, 0.1) is 0 Å². The molecule has 0 spiro atoms. The summed E-state index contributed by atoms with van der Waals surface area (Å²) in [7, 11) is -1.38. The molecule has 2 aliphatic rings. The molecule has 0 N–H and O–H groups in total. The predicted molar refractivity (Wildman–Crippen MR) is 105 cm³/mol. The number of amidine groups is 1. The number of carbonyl (C=O) groups excluding carboxylic acids is 1. The molecule has 0 aromatic heterocycles. The number of rotatable bonds is 6. The maximum atomic E-state index is 12.0. The Morgan fingerprint density at radius 3 is 2.69 bits per heavy atom. The Morgan fingerprint density at radius 2 is 2.04 bits per heavy atom. The molecule has 1 aromatic rings. The number of ether oxygens (including phenoxy) is 1. The zero-order valence-electron chi connectivity index (χ0n) is 15.1. The van der Waals surface area contributed by atoms with Crippen LogP contribution in [0.1, 0.15) is 25.3 Å². The quantitative estimate of drug-likeness (QED) is 0.733. The average molecular weight is 397 g/mol. The maximum absolute atomic E-state index is 12.0. The smallest absolute Gasteiger partial charge is 0.248 e. The van der Waals surface area contributed by atoms with E-state index in [1.807, 2.05) is 36.1 Å². The van der Waals surface area contributed by atoms with Crippen LogP contribution in [0.3, 0.4) is 0 Å². The summed E-state index contributed by atoms with van der Waals surface area (Å²) < 4.78 is 29.2. The van der Waals surface area contributed by atoms with Gasteiger partial charge in [0.25, 0.3) is 0 Å². The van der Waals surface area contributed by atoms with Gasteiger partial charge < -0.3 is 9.64 Å². The van der Waals surface area contributed by atoms with Gasteiger partial charge in [0.15, 0.2) is 15.0 Å². The molecule has 2 atom stereocenters. The third kappa shape index (κ3) is 4.40. The molecule has 8 heteroatoms. The standard InChI is InChI=1S/C18H24N2O4S2/c1-3-4-17(21)19-18-20(15-11-26(22,23)12-16(15)25-18)10-9-13-5-7-14(24-2)8-6-13/h5-8,15-16H,3-4,9-12H2,1-2H3. The molecule has 1 aromatic carbocycles. The van der Waals surface area contributed by atoms with Crippen LogP contribution in [-0.2, 0) is 21.1 Å². The van der Waals surface area contributed by atoms with Crippen molar-refractivity contribution >= 4 is 32.7 Å². The van der Waals surface area contributed by atoms with Gasteiger partial charge in [0.2, 0.25) is 5.91 Å². The summed E-state index contributed by atoms with van der Waals surface area (Å²) in [5.41, 5.74) is 1.14. The summed E-state index contributed by atoms with van der Waals surface area (Å²) in [4.78, 5) is 18.3. The van der Waals surface area contributed by atoms with E-state index in [1.165, 1.54) is 11.8 Å². The fourth-order valence-corrected chi connectivity index (χ4v) is 7.31. The second-order valence-corrected chi connectivity index (χ2v) is 9.99. The largest absolute Gasteiger partial charge is 0.497 e. The molecule has 142 valence electrons. The van der Waals surface area contributed by atoms with Crippen molar-refractivity contribution in [3.8, 4) is 5.75 Å². The van der Waals surface area contributed by atoms with Crippen molar-refractivity contribution in [1.29, 1.82) is 0 Å². The van der Waals surface area contributed by atoms with Gasteiger partial charge in [-0.3, -0.25) is 4.79 Å². The number of thioether (sulfide) groups is 1. The lowest BCUT2D eigenvalue weighted by Crippen LogP contribution is -2.39. The molecule has 3 rings (SSSR count). The maximum Gasteiger partial charge on any atom is 0.248 e. The van der Waals surface area contributed by atoms with Gasteiger partial charge >= 0.3 is 0 Å². The normalized spacial score (nSPS) is 25.5. The van der Waals surface area contributed by atoms with E-state index in [0.717, 1.165) is 24.2 Å². The van der Waals surface area contributed by atoms with E-state index in [1.54, 1.807) is 7.11 Å². The molecule has 0 aliphatic carbocycles. The van der Waals surface area contributed by atoms with Gasteiger partial charge in [-0.05, 0) is 30.5 Å². The van der Waals surface area contributed by atoms with Crippen LogP contribution in [0.15, 0.2) is 29.3 Å². The van der Waals surface area contributed by atoms with E-state index in [-0.39, 0.29) is 28.7 Å². The summed E-state index contributed by atoms with van der Waals surface area (Å²) >= 11 is 1.44. The first-order valence-corrected chi connectivity index (χ1v) is 11.5. The van der Waals surface area contributed by atoms with Gasteiger partial charge in [0.05, 0.1) is 24.7 Å². The van der Waals surface area contributed by atoms with E-state index in [2.05, 4.69) is 4.99 Å². The molecular weight excluding hydrogens is 372 g/mol. The molecule has 2 saturated heterocycles. The Labute approximate surface area is 158 Å². The van der Waals surface area contributed by atoms with Crippen LogP contribution >= 0.6 is 11.8 Å². The Balaban J connectivity index is 1.75. The number of methoxy groups -OCH3 is 1. The average Bonchev–Trinajstić information content (AvgIpc) is 3.05. The Kier molecular flexibility index (Phi) is 5.92. The number of nitrogens with zero attached hydrogens (tertiary/aromatic N) is 2. The van der Waals surface area contributed by atoms with Crippen molar-refractivity contribution in [3.63, 3.8) is 0 Å². The monoisotopic (exact) mass is 396 g/mol. The highest BCUT2D eigenvalue weighted by Crippen LogP contribution is 2.38. The predicted octanol–water partition coefficient (Wildman–Crippen LogP) is 2.13. The molecule has 2 unspecified atom stereocenters. The summed E-state index contributed by atoms with van der Waals surface area (Å²) in [6.07, 6.45) is 1.94. The van der Waals surface area contributed by atoms with Crippen LogP contribution in [0.2, 0.25) is 0 Å². The highest BCUT2D eigenvalue weighted by Gasteiger charge is 2.48. The molecule has 26 heavy (non-hydrogen) atoms. The minimum absolute atomic E-state index is 0.0240. The zero-order valence-corrected chi connectivity index (χ0v) is 16.7. The number of aliphatic imine (C=N–C) groups is 1. The van der Waals surface area contributed by atoms with Crippen molar-refractivity contribution in [1.82, 2.24) is 4.90 Å². The summed E-state index contributed by atoms with van der Waals surface area (Å²) in [5, 5.41) is 0.658. The third-order valence-electron chi connectivity index (χ3n) is 4.66. The molecule has 0 bridgehead atoms. The van der Waals surface area contributed by atoms with E-state index in [4.69, 9.17) is 4.74 Å². The van der Waals surface area contributed by atoms with E-state index in [9.17, 15) is 13.2 Å². The first-order chi connectivity index (χ1) is 12.4. The fraction of sp³-hybridized carbons (Fsp3) is 0.556. The minimum Gasteiger partial charge on any atom is -0.497 e. The van der Waals surface area contributed by atoms with E-state index in [0.29, 0.717) is 18.1 Å². The summed E-state index contributed by atoms with van der Waals surface area (Å²) in [6.45, 7) is 2.59. The van der Waals surface area contributed by atoms with Crippen molar-refractivity contribution in [2.45, 2.75) is 37.5 Å². The molecule has 0 radical (unpaired) electrons. The second-order valence-electron chi connectivity index (χ2n) is 6.63. The lowest BCUT2D eigenvalue weighted by Gasteiger charge is -2.24. The lowest BCUT2D eigenvalue weighted by atomic mass is 10.1. The molecule has 6 nitrogen and oxygen atoms in total. The topological polar surface area (TPSA) is 76.0 Å². The number of hydrogen-bond acceptors (Lipinski definition) is 5. The molecule has 0 saturated carbocycles. The molecule has 2 aliphatic heterocycles. The van der Waals surface area contributed by atoms with Crippen molar-refractivity contribution < 1.29 is 17.9 Å². The highest BCUT2D eigenvalue weighted by atomic mass is 32.2. The second kappa shape index (κ2) is 8.00. The van der Waals surface area contributed by atoms with Crippen LogP contribution in [0.25, 0.3) is 0 Å². The summed E-state index contributed by atoms with van der Waals surface area (Å²) in [5.74, 6) is 0.989. The van der Waals surface area contributed by atoms with Gasteiger partial charge in [-0.25, -0.2) is 8.42 Å². The van der Waals surface area contributed by atoms with E-state index < -0.39 is 9.84 Å². The third-order valence-corrected chi connectivity index (χ3v) is 7.91. The fourth-order valence-electron chi connectivity index (χ4n) is 3.32. The molecular formula is C18H24N2O4S2. The van der Waals surface area contributed by atoms with Gasteiger partial charge in [-0.15, -0.1) is 0 Å². The number of hydrogen-bond donors (Lipinski definition) is 0. The van der Waals surface area contributed by atoms with Crippen LogP contribution in [0.4, 0.5) is 0 Å². The van der Waals surface area contributed by atoms with Crippen LogP contribution < -0.4 is 4.74 Å². The first-order valence-electron chi connectivity index (χ1n) is 8.80. The van der Waals surface area contributed by atoms with Crippen molar-refractivity contribution in [3.05, 3.63) is 29.8 Å². The summed E-state index contributed by atoms with van der Waals surface area (Å²) in [6, 6.07) is 7.75. The minimum atomic E-state index is -3.01. The van der Waals surface area contributed by atoms with Gasteiger partial charge in [-0.2, -0.15) is 4.99 Å². The Hall–Kier alpha value is -1.54. The molecule has 2 heterocycles. The van der Waals surface area contributed by atoms with Crippen LogP contribution in [-0.4, -0.2) is 60.8 Å². The zero-order chi connectivity index (χ0) is 18.7. The molecule has 1 amide bonds. The number of benzene rings is 1. The Bertz CT molecular complexity index is 790. The number of amides is 1. The van der Waals surface area contributed by atoms with Gasteiger partial charge in [-0.1, -0.05) is 30.8 Å². The van der Waals surface area contributed by atoms with Gasteiger partial charge in [0.1, 0.15) is 5.75 Å². The molecule has 2 fully saturated rings. The van der Waals surface area contributed by atoms with E-state index >= 15 is 0 Å². The number of carbonyl (C=O) groups is 1. The van der Waals surface area contributed by atoms with Gasteiger partial charge in [0, 0.05) is 18.2 Å². The SMILES string of the molecule is CCCC(=O)N=C1SC2CS(=O)(=O)CC2N1CCc1ccc(OC)cc1. The highest BCUT2D eigenvalue weighted by molar-refractivity contribution is 8.15. The number of sulfone groups is 1. The first kappa shape index (κ1) is 19.2. The van der Waals surface area contributed by atoms with Crippen LogP contribution in [0.5, 0.6) is 5.75 Å².